The molecule has 0 radical (unpaired) electrons. The lowest BCUT2D eigenvalue weighted by Gasteiger charge is -2.33. The number of halogens is 1. The van der Waals surface area contributed by atoms with Crippen molar-refractivity contribution in [3.63, 3.8) is 0 Å². The highest BCUT2D eigenvalue weighted by molar-refractivity contribution is 6.28. The molecular weight excluding hydrogens is 324 g/mol. The summed E-state index contributed by atoms with van der Waals surface area (Å²) in [6, 6.07) is 2.85. The summed E-state index contributed by atoms with van der Waals surface area (Å²) >= 11 is 5.74. The monoisotopic (exact) mass is 336 g/mol. The summed E-state index contributed by atoms with van der Waals surface area (Å²) in [4.78, 5) is 27.6. The Balaban J connectivity index is 1.48. The molecule has 2 aromatic heterocycles. The van der Waals surface area contributed by atoms with Crippen molar-refractivity contribution in [2.45, 2.75) is 37.1 Å². The fourth-order valence-electron chi connectivity index (χ4n) is 3.17. The van der Waals surface area contributed by atoms with E-state index in [1.165, 1.54) is 0 Å². The smallest absolute Gasteiger partial charge is 0.322 e. The zero-order valence-electron chi connectivity index (χ0n) is 12.0. The highest BCUT2D eigenvalue weighted by Gasteiger charge is 2.48. The number of rotatable bonds is 2. The van der Waals surface area contributed by atoms with Crippen LogP contribution in [0.3, 0.4) is 0 Å². The minimum Gasteiger partial charge on any atom is -0.441 e. The SMILES string of the molecule is O=C1NC(=O)C2(CCC(c3nc(-c4ccc(Cl)o4)no3)CC2)N1. The number of carbonyl (C=O) groups excluding carboxylic acids is 2. The van der Waals surface area contributed by atoms with Crippen LogP contribution in [0.5, 0.6) is 0 Å². The third kappa shape index (κ3) is 2.39. The van der Waals surface area contributed by atoms with Crippen LogP contribution in [0.2, 0.25) is 5.22 Å². The molecule has 1 saturated carbocycles. The predicted molar refractivity (Wildman–Crippen MR) is 77.6 cm³/mol. The Morgan fingerprint density at radius 3 is 2.65 bits per heavy atom. The molecule has 2 fully saturated rings. The van der Waals surface area contributed by atoms with Gasteiger partial charge in [0.2, 0.25) is 11.7 Å². The molecule has 2 aliphatic rings. The number of nitrogens with zero attached hydrogens (tertiary/aromatic N) is 2. The van der Waals surface area contributed by atoms with Gasteiger partial charge in [-0.15, -0.1) is 0 Å². The number of carbonyl (C=O) groups is 2. The highest BCUT2D eigenvalue weighted by atomic mass is 35.5. The highest BCUT2D eigenvalue weighted by Crippen LogP contribution is 2.39. The first-order valence-corrected chi connectivity index (χ1v) is 7.66. The summed E-state index contributed by atoms with van der Waals surface area (Å²) < 4.78 is 10.6. The van der Waals surface area contributed by atoms with Gasteiger partial charge in [0.15, 0.2) is 11.0 Å². The molecule has 0 unspecified atom stereocenters. The van der Waals surface area contributed by atoms with E-state index in [4.69, 9.17) is 20.5 Å². The number of aromatic nitrogens is 2. The largest absolute Gasteiger partial charge is 0.441 e. The van der Waals surface area contributed by atoms with Gasteiger partial charge >= 0.3 is 6.03 Å². The number of furan rings is 1. The summed E-state index contributed by atoms with van der Waals surface area (Å²) in [6.45, 7) is 0. The van der Waals surface area contributed by atoms with E-state index in [1.54, 1.807) is 12.1 Å². The number of imide groups is 1. The maximum Gasteiger partial charge on any atom is 0.322 e. The van der Waals surface area contributed by atoms with E-state index >= 15 is 0 Å². The van der Waals surface area contributed by atoms with Crippen LogP contribution in [0.25, 0.3) is 11.6 Å². The lowest BCUT2D eigenvalue weighted by molar-refractivity contribution is -0.125. The fraction of sp³-hybridized carbons (Fsp3) is 0.429. The summed E-state index contributed by atoms with van der Waals surface area (Å²) in [6.07, 6.45) is 2.43. The molecule has 2 N–H and O–H groups in total. The van der Waals surface area contributed by atoms with Gasteiger partial charge in [0, 0.05) is 5.92 Å². The van der Waals surface area contributed by atoms with Gasteiger partial charge < -0.3 is 14.3 Å². The van der Waals surface area contributed by atoms with Gasteiger partial charge in [0.1, 0.15) is 5.54 Å². The number of nitrogens with one attached hydrogen (secondary N) is 2. The van der Waals surface area contributed by atoms with Gasteiger partial charge in [0.05, 0.1) is 0 Å². The van der Waals surface area contributed by atoms with E-state index in [0.29, 0.717) is 43.2 Å². The van der Waals surface area contributed by atoms with Crippen LogP contribution in [0.15, 0.2) is 21.1 Å². The summed E-state index contributed by atoms with van der Waals surface area (Å²) in [7, 11) is 0. The maximum absolute atomic E-state index is 11.9. The van der Waals surface area contributed by atoms with Crippen LogP contribution >= 0.6 is 11.6 Å². The Morgan fingerprint density at radius 2 is 2.04 bits per heavy atom. The molecule has 9 heteroatoms. The summed E-state index contributed by atoms with van der Waals surface area (Å²) in [5.74, 6) is 1.10. The van der Waals surface area contributed by atoms with Crippen LogP contribution in [0.1, 0.15) is 37.5 Å². The molecule has 3 amide bonds. The molecule has 0 atom stereocenters. The van der Waals surface area contributed by atoms with Gasteiger partial charge in [0.25, 0.3) is 5.91 Å². The van der Waals surface area contributed by atoms with E-state index in [-0.39, 0.29) is 17.0 Å². The third-order valence-electron chi connectivity index (χ3n) is 4.44. The summed E-state index contributed by atoms with van der Waals surface area (Å²) in [5.41, 5.74) is -0.787. The second kappa shape index (κ2) is 5.09. The minimum atomic E-state index is -0.787. The van der Waals surface area contributed by atoms with Gasteiger partial charge in [-0.1, -0.05) is 5.16 Å². The fourth-order valence-corrected chi connectivity index (χ4v) is 3.32. The van der Waals surface area contributed by atoms with Crippen LogP contribution in [0, 0.1) is 0 Å². The third-order valence-corrected chi connectivity index (χ3v) is 4.64. The molecule has 1 saturated heterocycles. The molecule has 120 valence electrons. The van der Waals surface area contributed by atoms with Crippen molar-refractivity contribution in [1.29, 1.82) is 0 Å². The molecule has 0 aromatic carbocycles. The molecule has 23 heavy (non-hydrogen) atoms. The topological polar surface area (TPSA) is 110 Å². The van der Waals surface area contributed by atoms with Crippen LogP contribution in [-0.4, -0.2) is 27.6 Å². The average Bonchev–Trinajstić information content (AvgIpc) is 3.21. The Bertz CT molecular complexity index is 775. The van der Waals surface area contributed by atoms with Crippen LogP contribution in [-0.2, 0) is 4.79 Å². The molecular formula is C14H13ClN4O4. The molecule has 4 rings (SSSR count). The van der Waals surface area contributed by atoms with Crippen molar-refractivity contribution in [2.24, 2.45) is 0 Å². The normalized spacial score (nSPS) is 27.3. The van der Waals surface area contributed by atoms with Gasteiger partial charge in [-0.2, -0.15) is 4.98 Å². The zero-order valence-corrected chi connectivity index (χ0v) is 12.7. The van der Waals surface area contributed by atoms with Crippen molar-refractivity contribution >= 4 is 23.5 Å². The van der Waals surface area contributed by atoms with Crippen molar-refractivity contribution in [3.8, 4) is 11.6 Å². The number of hydrogen-bond donors (Lipinski definition) is 2. The lowest BCUT2D eigenvalue weighted by Crippen LogP contribution is -2.49. The lowest BCUT2D eigenvalue weighted by atomic mass is 9.76. The molecule has 1 spiro atoms. The molecule has 8 nitrogen and oxygen atoms in total. The first-order chi connectivity index (χ1) is 11.1. The van der Waals surface area contributed by atoms with Crippen LogP contribution in [0.4, 0.5) is 4.79 Å². The second-order valence-corrected chi connectivity index (χ2v) is 6.20. The van der Waals surface area contributed by atoms with Crippen molar-refractivity contribution in [3.05, 3.63) is 23.2 Å². The van der Waals surface area contributed by atoms with E-state index in [1.807, 2.05) is 0 Å². The molecule has 1 aliphatic heterocycles. The molecule has 1 aliphatic carbocycles. The minimum absolute atomic E-state index is 0.0533. The molecule has 3 heterocycles. The predicted octanol–water partition coefficient (Wildman–Crippen LogP) is 2.22. The summed E-state index contributed by atoms with van der Waals surface area (Å²) in [5, 5.41) is 9.19. The van der Waals surface area contributed by atoms with E-state index in [0.717, 1.165) is 0 Å². The average molecular weight is 337 g/mol. The second-order valence-electron chi connectivity index (χ2n) is 5.82. The maximum atomic E-state index is 11.9. The van der Waals surface area contributed by atoms with Gasteiger partial charge in [-0.3, -0.25) is 10.1 Å². The number of hydrogen-bond acceptors (Lipinski definition) is 6. The Morgan fingerprint density at radius 1 is 1.26 bits per heavy atom. The first kappa shape index (κ1) is 14.3. The van der Waals surface area contributed by atoms with Crippen molar-refractivity contribution in [2.75, 3.05) is 0 Å². The molecule has 2 aromatic rings. The Labute approximate surface area is 135 Å². The number of amides is 3. The standard InChI is InChI=1S/C14H13ClN4O4/c15-9-2-1-8(22-9)10-16-11(23-19-10)7-3-5-14(6-4-7)12(20)17-13(21)18-14/h1-2,7H,3-6H2,(H2,17,18,20,21). The first-order valence-electron chi connectivity index (χ1n) is 7.29. The van der Waals surface area contributed by atoms with Crippen molar-refractivity contribution < 1.29 is 18.5 Å². The Kier molecular flexibility index (Phi) is 3.15. The number of urea groups is 1. The Hall–Kier alpha value is -2.35. The molecule has 0 bridgehead atoms. The van der Waals surface area contributed by atoms with E-state index in [9.17, 15) is 9.59 Å². The quantitative estimate of drug-likeness (QED) is 0.813. The van der Waals surface area contributed by atoms with E-state index < -0.39 is 11.6 Å². The van der Waals surface area contributed by atoms with Crippen molar-refractivity contribution in [1.82, 2.24) is 20.8 Å². The zero-order chi connectivity index (χ0) is 16.0. The van der Waals surface area contributed by atoms with E-state index in [2.05, 4.69) is 20.8 Å². The van der Waals surface area contributed by atoms with Crippen LogP contribution < -0.4 is 10.6 Å². The van der Waals surface area contributed by atoms with Gasteiger partial charge in [-0.05, 0) is 49.4 Å². The van der Waals surface area contributed by atoms with Gasteiger partial charge in [-0.25, -0.2) is 4.79 Å².